The minimum absolute atomic E-state index is 0.0318. The number of hydrogen-bond acceptors (Lipinski definition) is 5. The average molecular weight is 286 g/mol. The third-order valence-corrected chi connectivity index (χ3v) is 3.26. The number of esters is 1. The number of rotatable bonds is 7. The van der Waals surface area contributed by atoms with Crippen LogP contribution in [0.1, 0.15) is 26.7 Å². The summed E-state index contributed by atoms with van der Waals surface area (Å²) in [5.74, 6) is 0.339. The first-order valence-corrected chi connectivity index (χ1v) is 7.18. The second-order valence-corrected chi connectivity index (χ2v) is 5.54. The van der Waals surface area contributed by atoms with Crippen molar-refractivity contribution >= 4 is 11.9 Å². The van der Waals surface area contributed by atoms with Gasteiger partial charge in [-0.3, -0.25) is 14.5 Å². The van der Waals surface area contributed by atoms with Crippen molar-refractivity contribution in [3.05, 3.63) is 0 Å². The molecule has 1 aliphatic heterocycles. The molecule has 1 atom stereocenters. The Morgan fingerprint density at radius 1 is 1.45 bits per heavy atom. The second kappa shape index (κ2) is 8.92. The van der Waals surface area contributed by atoms with Crippen LogP contribution in [0.2, 0.25) is 0 Å². The van der Waals surface area contributed by atoms with E-state index in [1.54, 1.807) is 0 Å². The molecule has 0 radical (unpaired) electrons. The quantitative estimate of drug-likeness (QED) is 0.687. The molecule has 1 aliphatic rings. The van der Waals surface area contributed by atoms with Gasteiger partial charge in [0, 0.05) is 19.6 Å². The zero-order chi connectivity index (χ0) is 15.0. The standard InChI is InChI=1S/C14H26N2O4/c1-11(2)4-5-15-13(17)10-16-6-7-20-12(9-16)8-14(18)19-3/h11-12H,4-10H2,1-3H3,(H,15,17). The smallest absolute Gasteiger partial charge is 0.308 e. The molecule has 1 amide bonds. The Kier molecular flexibility index (Phi) is 7.54. The van der Waals surface area contributed by atoms with E-state index in [4.69, 9.17) is 4.74 Å². The number of nitrogens with one attached hydrogen (secondary N) is 1. The van der Waals surface area contributed by atoms with Crippen molar-refractivity contribution in [2.24, 2.45) is 5.92 Å². The summed E-state index contributed by atoms with van der Waals surface area (Å²) in [6, 6.07) is 0. The number of methoxy groups -OCH3 is 1. The van der Waals surface area contributed by atoms with Gasteiger partial charge in [-0.05, 0) is 12.3 Å². The van der Waals surface area contributed by atoms with Gasteiger partial charge in [0.15, 0.2) is 0 Å². The van der Waals surface area contributed by atoms with Crippen LogP contribution >= 0.6 is 0 Å². The number of amides is 1. The Hall–Kier alpha value is -1.14. The van der Waals surface area contributed by atoms with Gasteiger partial charge in [0.25, 0.3) is 0 Å². The van der Waals surface area contributed by atoms with Gasteiger partial charge in [0.2, 0.25) is 5.91 Å². The Morgan fingerprint density at radius 2 is 2.20 bits per heavy atom. The minimum atomic E-state index is -0.279. The van der Waals surface area contributed by atoms with Crippen LogP contribution in [0, 0.1) is 5.92 Å². The predicted octanol–water partition coefficient (Wildman–Crippen LogP) is 0.413. The van der Waals surface area contributed by atoms with Crippen molar-refractivity contribution in [3.63, 3.8) is 0 Å². The lowest BCUT2D eigenvalue weighted by molar-refractivity contribution is -0.145. The Morgan fingerprint density at radius 3 is 2.85 bits per heavy atom. The molecule has 116 valence electrons. The van der Waals surface area contributed by atoms with E-state index in [1.165, 1.54) is 7.11 Å². The first-order valence-electron chi connectivity index (χ1n) is 7.18. The highest BCUT2D eigenvalue weighted by molar-refractivity contribution is 5.78. The summed E-state index contributed by atoms with van der Waals surface area (Å²) in [6.07, 6.45) is 1.04. The number of hydrogen-bond donors (Lipinski definition) is 1. The molecule has 1 unspecified atom stereocenters. The predicted molar refractivity (Wildman–Crippen MR) is 75.3 cm³/mol. The van der Waals surface area contributed by atoms with Gasteiger partial charge in [-0.15, -0.1) is 0 Å². The van der Waals surface area contributed by atoms with Gasteiger partial charge in [-0.2, -0.15) is 0 Å². The molecule has 1 saturated heterocycles. The van der Waals surface area contributed by atoms with Crippen molar-refractivity contribution in [1.29, 1.82) is 0 Å². The van der Waals surface area contributed by atoms with Crippen molar-refractivity contribution in [3.8, 4) is 0 Å². The maximum Gasteiger partial charge on any atom is 0.308 e. The van der Waals surface area contributed by atoms with E-state index in [2.05, 4.69) is 23.9 Å². The van der Waals surface area contributed by atoms with Crippen LogP contribution in [-0.4, -0.2) is 62.8 Å². The fourth-order valence-electron chi connectivity index (χ4n) is 2.08. The number of nitrogens with zero attached hydrogens (tertiary/aromatic N) is 1. The lowest BCUT2D eigenvalue weighted by Gasteiger charge is -2.31. The summed E-state index contributed by atoms with van der Waals surface area (Å²) in [6.45, 7) is 7.19. The highest BCUT2D eigenvalue weighted by Gasteiger charge is 2.24. The highest BCUT2D eigenvalue weighted by atomic mass is 16.5. The summed E-state index contributed by atoms with van der Waals surface area (Å²) in [5.41, 5.74) is 0. The van der Waals surface area contributed by atoms with Crippen LogP contribution in [-0.2, 0) is 19.1 Å². The fraction of sp³-hybridized carbons (Fsp3) is 0.857. The summed E-state index contributed by atoms with van der Waals surface area (Å²) < 4.78 is 10.1. The topological polar surface area (TPSA) is 67.9 Å². The lowest BCUT2D eigenvalue weighted by Crippen LogP contribution is -2.47. The molecule has 0 aromatic rings. The molecular formula is C14H26N2O4. The van der Waals surface area contributed by atoms with Gasteiger partial charge in [-0.25, -0.2) is 0 Å². The first kappa shape index (κ1) is 16.9. The molecule has 1 N–H and O–H groups in total. The molecule has 0 spiro atoms. The van der Waals surface area contributed by atoms with E-state index >= 15 is 0 Å². The van der Waals surface area contributed by atoms with Crippen molar-refractivity contribution in [2.45, 2.75) is 32.8 Å². The van der Waals surface area contributed by atoms with Crippen molar-refractivity contribution in [2.75, 3.05) is 39.9 Å². The zero-order valence-corrected chi connectivity index (χ0v) is 12.7. The largest absolute Gasteiger partial charge is 0.469 e. The molecule has 0 aromatic heterocycles. The van der Waals surface area contributed by atoms with Gasteiger partial charge >= 0.3 is 5.97 Å². The normalized spacial score (nSPS) is 19.9. The molecule has 0 aliphatic carbocycles. The van der Waals surface area contributed by atoms with Crippen LogP contribution in [0.15, 0.2) is 0 Å². The van der Waals surface area contributed by atoms with Crippen LogP contribution in [0.3, 0.4) is 0 Å². The first-order chi connectivity index (χ1) is 9.51. The number of ether oxygens (including phenoxy) is 2. The number of morpholine rings is 1. The van der Waals surface area contributed by atoms with E-state index in [9.17, 15) is 9.59 Å². The maximum absolute atomic E-state index is 11.8. The molecule has 0 aromatic carbocycles. The van der Waals surface area contributed by atoms with E-state index in [0.717, 1.165) is 13.0 Å². The van der Waals surface area contributed by atoms with Crippen LogP contribution in [0.5, 0.6) is 0 Å². The van der Waals surface area contributed by atoms with E-state index in [-0.39, 0.29) is 24.4 Å². The third-order valence-electron chi connectivity index (χ3n) is 3.26. The van der Waals surface area contributed by atoms with E-state index in [0.29, 0.717) is 32.2 Å². The van der Waals surface area contributed by atoms with Gasteiger partial charge in [0.1, 0.15) is 0 Å². The molecule has 1 fully saturated rings. The molecule has 6 nitrogen and oxygen atoms in total. The molecule has 20 heavy (non-hydrogen) atoms. The Labute approximate surface area is 120 Å². The molecule has 0 saturated carbocycles. The van der Waals surface area contributed by atoms with Gasteiger partial charge in [0.05, 0.1) is 32.8 Å². The van der Waals surface area contributed by atoms with Crippen LogP contribution in [0.25, 0.3) is 0 Å². The fourth-order valence-corrected chi connectivity index (χ4v) is 2.08. The van der Waals surface area contributed by atoms with Crippen LogP contribution < -0.4 is 5.32 Å². The summed E-state index contributed by atoms with van der Waals surface area (Å²) in [5, 5.41) is 2.92. The summed E-state index contributed by atoms with van der Waals surface area (Å²) >= 11 is 0. The highest BCUT2D eigenvalue weighted by Crippen LogP contribution is 2.09. The van der Waals surface area contributed by atoms with Crippen molar-refractivity contribution < 1.29 is 19.1 Å². The second-order valence-electron chi connectivity index (χ2n) is 5.54. The van der Waals surface area contributed by atoms with Gasteiger partial charge < -0.3 is 14.8 Å². The summed E-state index contributed by atoms with van der Waals surface area (Å²) in [7, 11) is 1.37. The Bertz CT molecular complexity index is 320. The molecular weight excluding hydrogens is 260 g/mol. The molecule has 0 bridgehead atoms. The Balaban J connectivity index is 2.25. The minimum Gasteiger partial charge on any atom is -0.469 e. The van der Waals surface area contributed by atoms with Gasteiger partial charge in [-0.1, -0.05) is 13.8 Å². The zero-order valence-electron chi connectivity index (χ0n) is 12.7. The van der Waals surface area contributed by atoms with Crippen molar-refractivity contribution in [1.82, 2.24) is 10.2 Å². The molecule has 1 rings (SSSR count). The molecule has 6 heteroatoms. The van der Waals surface area contributed by atoms with E-state index in [1.807, 2.05) is 4.90 Å². The third kappa shape index (κ3) is 6.86. The lowest BCUT2D eigenvalue weighted by atomic mass is 10.1. The maximum atomic E-state index is 11.8. The SMILES string of the molecule is COC(=O)CC1CN(CC(=O)NCCC(C)C)CCO1. The number of carbonyl (C=O) groups is 2. The monoisotopic (exact) mass is 286 g/mol. The average Bonchev–Trinajstić information content (AvgIpc) is 2.38. The van der Waals surface area contributed by atoms with E-state index < -0.39 is 0 Å². The van der Waals surface area contributed by atoms with Crippen LogP contribution in [0.4, 0.5) is 0 Å². The number of carbonyl (C=O) groups excluding carboxylic acids is 2. The molecule has 1 heterocycles. The summed E-state index contributed by atoms with van der Waals surface area (Å²) in [4.78, 5) is 25.0.